The van der Waals surface area contributed by atoms with Gasteiger partial charge in [0.1, 0.15) is 0 Å². The molecule has 16 heavy (non-hydrogen) atoms. The topological polar surface area (TPSA) is 88.3 Å². The van der Waals surface area contributed by atoms with Crippen molar-refractivity contribution in [3.05, 3.63) is 11.7 Å². The number of rotatable bonds is 5. The summed E-state index contributed by atoms with van der Waals surface area (Å²) < 4.78 is 31.0. The lowest BCUT2D eigenvalue weighted by Gasteiger charge is -2.10. The Morgan fingerprint density at radius 2 is 2.06 bits per heavy atom. The molecule has 1 heterocycles. The van der Waals surface area contributed by atoms with Crippen LogP contribution in [-0.2, 0) is 16.8 Å². The maximum absolute atomic E-state index is 11.4. The van der Waals surface area contributed by atoms with Gasteiger partial charge in [0.2, 0.25) is 5.89 Å². The third kappa shape index (κ3) is 3.26. The Labute approximate surface area is 95.0 Å². The third-order valence-electron chi connectivity index (χ3n) is 1.89. The monoisotopic (exact) mass is 248 g/mol. The molecule has 0 aliphatic rings. The first-order valence-corrected chi connectivity index (χ1v) is 6.26. The molecule has 0 spiro atoms. The van der Waals surface area contributed by atoms with Crippen molar-refractivity contribution in [2.24, 2.45) is 0 Å². The molecule has 0 aromatic carbocycles. The van der Waals surface area contributed by atoms with Crippen LogP contribution in [0.25, 0.3) is 0 Å². The summed E-state index contributed by atoms with van der Waals surface area (Å²) in [5.41, 5.74) is 0. The number of nitrogens with one attached hydrogen (secondary N) is 1. The van der Waals surface area contributed by atoms with Crippen LogP contribution < -0.4 is 4.72 Å². The summed E-state index contributed by atoms with van der Waals surface area (Å²) in [6.45, 7) is 3.86. The van der Waals surface area contributed by atoms with Crippen molar-refractivity contribution >= 4 is 10.2 Å². The van der Waals surface area contributed by atoms with Crippen LogP contribution >= 0.6 is 0 Å². The minimum absolute atomic E-state index is 0.000231. The van der Waals surface area contributed by atoms with Crippen LogP contribution in [0.2, 0.25) is 0 Å². The molecule has 0 aliphatic heterocycles. The molecule has 1 rings (SSSR count). The maximum atomic E-state index is 11.4. The molecular weight excluding hydrogens is 232 g/mol. The number of aromatic nitrogens is 2. The van der Waals surface area contributed by atoms with Gasteiger partial charge in [0.25, 0.3) is 10.2 Å². The summed E-state index contributed by atoms with van der Waals surface area (Å²) >= 11 is 0. The highest BCUT2D eigenvalue weighted by atomic mass is 32.2. The van der Waals surface area contributed by atoms with Crippen molar-refractivity contribution in [1.29, 1.82) is 0 Å². The van der Waals surface area contributed by atoms with Gasteiger partial charge in [-0.15, -0.1) is 0 Å². The van der Waals surface area contributed by atoms with E-state index in [-0.39, 0.29) is 18.4 Å². The van der Waals surface area contributed by atoms with Gasteiger partial charge in [-0.25, -0.2) is 0 Å². The number of nitrogens with zero attached hydrogens (tertiary/aromatic N) is 3. The van der Waals surface area contributed by atoms with Gasteiger partial charge in [-0.3, -0.25) is 0 Å². The zero-order valence-electron chi connectivity index (χ0n) is 9.76. The maximum Gasteiger partial charge on any atom is 0.279 e. The number of hydrogen-bond acceptors (Lipinski definition) is 5. The predicted molar refractivity (Wildman–Crippen MR) is 57.8 cm³/mol. The average Bonchev–Trinajstić information content (AvgIpc) is 2.63. The van der Waals surface area contributed by atoms with E-state index in [9.17, 15) is 8.42 Å². The number of hydrogen-bond donors (Lipinski definition) is 1. The zero-order chi connectivity index (χ0) is 12.3. The molecule has 0 radical (unpaired) electrons. The molecule has 0 aliphatic carbocycles. The lowest BCUT2D eigenvalue weighted by Crippen LogP contribution is -2.35. The molecule has 0 atom stereocenters. The SMILES string of the molecule is CC(C)c1noc(CNS(=O)(=O)N(C)C)n1. The molecule has 0 saturated heterocycles. The van der Waals surface area contributed by atoms with Gasteiger partial charge in [0, 0.05) is 20.0 Å². The zero-order valence-corrected chi connectivity index (χ0v) is 10.6. The average molecular weight is 248 g/mol. The van der Waals surface area contributed by atoms with Gasteiger partial charge >= 0.3 is 0 Å². The summed E-state index contributed by atoms with van der Waals surface area (Å²) in [5.74, 6) is 0.983. The summed E-state index contributed by atoms with van der Waals surface area (Å²) in [6, 6.07) is 0. The van der Waals surface area contributed by atoms with Crippen LogP contribution in [0.1, 0.15) is 31.5 Å². The normalized spacial score (nSPS) is 12.6. The minimum Gasteiger partial charge on any atom is -0.338 e. The van der Waals surface area contributed by atoms with Crippen LogP contribution in [0.15, 0.2) is 4.52 Å². The van der Waals surface area contributed by atoms with Gasteiger partial charge < -0.3 is 4.52 Å². The van der Waals surface area contributed by atoms with Crippen LogP contribution in [0, 0.1) is 0 Å². The Balaban J connectivity index is 2.62. The predicted octanol–water partition coefficient (Wildman–Crippen LogP) is 0.0890. The molecule has 8 heteroatoms. The largest absolute Gasteiger partial charge is 0.338 e. The van der Waals surface area contributed by atoms with Crippen molar-refractivity contribution < 1.29 is 12.9 Å². The second kappa shape index (κ2) is 4.89. The third-order valence-corrected chi connectivity index (χ3v) is 3.36. The van der Waals surface area contributed by atoms with E-state index in [2.05, 4.69) is 14.9 Å². The molecule has 1 aromatic heterocycles. The Morgan fingerprint density at radius 3 is 2.50 bits per heavy atom. The lowest BCUT2D eigenvalue weighted by molar-refractivity contribution is 0.367. The second-order valence-electron chi connectivity index (χ2n) is 3.81. The fourth-order valence-corrected chi connectivity index (χ4v) is 1.42. The first-order valence-electron chi connectivity index (χ1n) is 4.82. The molecule has 0 saturated carbocycles. The van der Waals surface area contributed by atoms with Crippen LogP contribution in [0.3, 0.4) is 0 Å². The first-order chi connectivity index (χ1) is 7.33. The first kappa shape index (κ1) is 13.1. The highest BCUT2D eigenvalue weighted by molar-refractivity contribution is 7.87. The quantitative estimate of drug-likeness (QED) is 0.797. The molecule has 92 valence electrons. The van der Waals surface area contributed by atoms with Crippen molar-refractivity contribution in [3.63, 3.8) is 0 Å². The van der Waals surface area contributed by atoms with E-state index in [4.69, 9.17) is 4.52 Å². The molecule has 7 nitrogen and oxygen atoms in total. The minimum atomic E-state index is -3.45. The summed E-state index contributed by atoms with van der Waals surface area (Å²) in [6.07, 6.45) is 0. The molecular formula is C8H16N4O3S. The van der Waals surface area contributed by atoms with Crippen molar-refractivity contribution in [2.75, 3.05) is 14.1 Å². The Kier molecular flexibility index (Phi) is 4.00. The van der Waals surface area contributed by atoms with Crippen LogP contribution in [-0.4, -0.2) is 37.0 Å². The smallest absolute Gasteiger partial charge is 0.279 e. The highest BCUT2D eigenvalue weighted by Gasteiger charge is 2.15. The van der Waals surface area contributed by atoms with Crippen molar-refractivity contribution in [3.8, 4) is 0 Å². The molecule has 0 unspecified atom stereocenters. The highest BCUT2D eigenvalue weighted by Crippen LogP contribution is 2.09. The van der Waals surface area contributed by atoms with Gasteiger partial charge in [-0.1, -0.05) is 19.0 Å². The van der Waals surface area contributed by atoms with E-state index < -0.39 is 10.2 Å². The fourth-order valence-electron chi connectivity index (χ4n) is 0.856. The summed E-state index contributed by atoms with van der Waals surface area (Å²) in [5, 5.41) is 3.73. The van der Waals surface area contributed by atoms with E-state index in [0.29, 0.717) is 5.82 Å². The van der Waals surface area contributed by atoms with Crippen molar-refractivity contribution in [1.82, 2.24) is 19.2 Å². The molecule has 0 amide bonds. The molecule has 0 bridgehead atoms. The molecule has 1 aromatic rings. The Morgan fingerprint density at radius 1 is 1.44 bits per heavy atom. The second-order valence-corrected chi connectivity index (χ2v) is 5.78. The molecule has 1 N–H and O–H groups in total. The van der Waals surface area contributed by atoms with Crippen LogP contribution in [0.5, 0.6) is 0 Å². The van der Waals surface area contributed by atoms with Crippen LogP contribution in [0.4, 0.5) is 0 Å². The molecule has 0 fully saturated rings. The van der Waals surface area contributed by atoms with E-state index in [1.54, 1.807) is 0 Å². The van der Waals surface area contributed by atoms with Crippen molar-refractivity contribution in [2.45, 2.75) is 26.3 Å². The van der Waals surface area contributed by atoms with Gasteiger partial charge in [-0.05, 0) is 0 Å². The lowest BCUT2D eigenvalue weighted by atomic mass is 10.2. The van der Waals surface area contributed by atoms with Gasteiger partial charge in [0.05, 0.1) is 6.54 Å². The van der Waals surface area contributed by atoms with E-state index in [1.807, 2.05) is 13.8 Å². The Hall–Kier alpha value is -0.990. The van der Waals surface area contributed by atoms with E-state index >= 15 is 0 Å². The van der Waals surface area contributed by atoms with E-state index in [1.165, 1.54) is 14.1 Å². The van der Waals surface area contributed by atoms with Gasteiger partial charge in [0.15, 0.2) is 5.82 Å². The standard InChI is InChI=1S/C8H16N4O3S/c1-6(2)8-10-7(15-11-8)5-9-16(13,14)12(3)4/h6,9H,5H2,1-4H3. The Bertz CT molecular complexity index is 438. The van der Waals surface area contributed by atoms with Gasteiger partial charge in [-0.2, -0.15) is 22.4 Å². The van der Waals surface area contributed by atoms with E-state index in [0.717, 1.165) is 4.31 Å². The summed E-state index contributed by atoms with van der Waals surface area (Å²) in [4.78, 5) is 4.05. The fraction of sp³-hybridized carbons (Fsp3) is 0.750. The summed E-state index contributed by atoms with van der Waals surface area (Å²) in [7, 11) is -0.571.